The highest BCUT2D eigenvalue weighted by Gasteiger charge is 2.08. The lowest BCUT2D eigenvalue weighted by Crippen LogP contribution is -2.38. The van der Waals surface area contributed by atoms with Gasteiger partial charge in [0.2, 0.25) is 5.91 Å². The largest absolute Gasteiger partial charge is 0.354 e. The highest BCUT2D eigenvalue weighted by Crippen LogP contribution is 2.19. The van der Waals surface area contributed by atoms with E-state index in [1.165, 1.54) is 0 Å². The van der Waals surface area contributed by atoms with Crippen molar-refractivity contribution in [2.75, 3.05) is 13.1 Å². The summed E-state index contributed by atoms with van der Waals surface area (Å²) in [5.74, 6) is -0.0301. The molecule has 120 valence electrons. The molecule has 0 radical (unpaired) electrons. The van der Waals surface area contributed by atoms with E-state index in [0.29, 0.717) is 18.0 Å². The number of hydrogen-bond acceptors (Lipinski definition) is 2. The Bertz CT molecular complexity index is 649. The van der Waals surface area contributed by atoms with Crippen LogP contribution in [-0.2, 0) is 4.79 Å². The van der Waals surface area contributed by atoms with E-state index in [-0.39, 0.29) is 18.4 Å². The number of rotatable bonds is 6. The summed E-state index contributed by atoms with van der Waals surface area (Å²) in [6, 6.07) is 17.3. The van der Waals surface area contributed by atoms with Gasteiger partial charge in [0, 0.05) is 12.1 Å². The van der Waals surface area contributed by atoms with Crippen LogP contribution in [0.25, 0.3) is 11.1 Å². The maximum Gasteiger partial charge on any atom is 0.251 e. The van der Waals surface area contributed by atoms with Crippen molar-refractivity contribution in [2.45, 2.75) is 13.8 Å². The van der Waals surface area contributed by atoms with Gasteiger partial charge in [-0.3, -0.25) is 9.59 Å². The molecule has 0 saturated heterocycles. The molecule has 2 N–H and O–H groups in total. The molecule has 2 amide bonds. The van der Waals surface area contributed by atoms with Crippen molar-refractivity contribution >= 4 is 11.8 Å². The Labute approximate surface area is 136 Å². The van der Waals surface area contributed by atoms with Gasteiger partial charge in [0.25, 0.3) is 5.91 Å². The molecule has 4 heteroatoms. The van der Waals surface area contributed by atoms with Gasteiger partial charge in [-0.2, -0.15) is 0 Å². The Hall–Kier alpha value is -2.62. The molecule has 0 spiro atoms. The fraction of sp³-hybridized carbons (Fsp3) is 0.263. The molecule has 0 aromatic heterocycles. The van der Waals surface area contributed by atoms with Crippen LogP contribution in [0.15, 0.2) is 54.6 Å². The summed E-state index contributed by atoms with van der Waals surface area (Å²) in [5.41, 5.74) is 2.70. The van der Waals surface area contributed by atoms with Crippen LogP contribution in [0, 0.1) is 5.92 Å². The fourth-order valence-electron chi connectivity index (χ4n) is 2.09. The quantitative estimate of drug-likeness (QED) is 0.862. The second kappa shape index (κ2) is 8.13. The lowest BCUT2D eigenvalue weighted by atomic mass is 10.0. The molecule has 0 bridgehead atoms. The smallest absolute Gasteiger partial charge is 0.251 e. The Morgan fingerprint density at radius 3 is 2.09 bits per heavy atom. The van der Waals surface area contributed by atoms with Gasteiger partial charge in [0.1, 0.15) is 0 Å². The molecule has 2 rings (SSSR count). The molecule has 0 saturated carbocycles. The molecule has 0 atom stereocenters. The van der Waals surface area contributed by atoms with E-state index in [1.807, 2.05) is 56.3 Å². The maximum atomic E-state index is 12.0. The summed E-state index contributed by atoms with van der Waals surface area (Å²) in [6.07, 6.45) is 0. The normalized spacial score (nSPS) is 10.4. The van der Waals surface area contributed by atoms with Crippen LogP contribution >= 0.6 is 0 Å². The van der Waals surface area contributed by atoms with Crippen molar-refractivity contribution < 1.29 is 9.59 Å². The first kappa shape index (κ1) is 16.7. The van der Waals surface area contributed by atoms with Crippen LogP contribution < -0.4 is 10.6 Å². The second-order valence-corrected chi connectivity index (χ2v) is 5.82. The number of carbonyl (C=O) groups is 2. The van der Waals surface area contributed by atoms with Crippen molar-refractivity contribution in [3.05, 3.63) is 60.2 Å². The summed E-state index contributed by atoms with van der Waals surface area (Å²) >= 11 is 0. The van der Waals surface area contributed by atoms with E-state index < -0.39 is 0 Å². The van der Waals surface area contributed by atoms with Crippen molar-refractivity contribution in [1.29, 1.82) is 0 Å². The number of nitrogens with one attached hydrogen (secondary N) is 2. The van der Waals surface area contributed by atoms with E-state index >= 15 is 0 Å². The molecule has 0 aliphatic rings. The Balaban J connectivity index is 1.89. The zero-order valence-electron chi connectivity index (χ0n) is 13.5. The molecule has 4 nitrogen and oxygen atoms in total. The molecule has 0 aliphatic carbocycles. The third kappa shape index (κ3) is 5.25. The van der Waals surface area contributed by atoms with Crippen molar-refractivity contribution in [3.63, 3.8) is 0 Å². The maximum absolute atomic E-state index is 12.0. The van der Waals surface area contributed by atoms with Gasteiger partial charge >= 0.3 is 0 Å². The zero-order valence-corrected chi connectivity index (χ0v) is 13.5. The third-order valence-electron chi connectivity index (χ3n) is 3.37. The van der Waals surface area contributed by atoms with Crippen molar-refractivity contribution in [3.8, 4) is 11.1 Å². The van der Waals surface area contributed by atoms with E-state index in [0.717, 1.165) is 11.1 Å². The number of benzene rings is 2. The lowest BCUT2D eigenvalue weighted by molar-refractivity contribution is -0.120. The molecular weight excluding hydrogens is 288 g/mol. The van der Waals surface area contributed by atoms with E-state index in [9.17, 15) is 9.59 Å². The summed E-state index contributed by atoms with van der Waals surface area (Å²) < 4.78 is 0. The SMILES string of the molecule is CC(C)CNC(=O)CNC(=O)c1ccc(-c2ccccc2)cc1. The molecule has 2 aromatic carbocycles. The lowest BCUT2D eigenvalue weighted by Gasteiger charge is -2.09. The van der Waals surface area contributed by atoms with E-state index in [4.69, 9.17) is 0 Å². The first-order valence-corrected chi connectivity index (χ1v) is 7.76. The van der Waals surface area contributed by atoms with Gasteiger partial charge in [-0.15, -0.1) is 0 Å². The highest BCUT2D eigenvalue weighted by molar-refractivity contribution is 5.96. The number of amides is 2. The van der Waals surface area contributed by atoms with Crippen molar-refractivity contribution in [2.24, 2.45) is 5.92 Å². The number of hydrogen-bond donors (Lipinski definition) is 2. The third-order valence-corrected chi connectivity index (χ3v) is 3.37. The molecule has 0 aliphatic heterocycles. The minimum Gasteiger partial charge on any atom is -0.354 e. The van der Waals surface area contributed by atoms with Crippen LogP contribution in [-0.4, -0.2) is 24.9 Å². The first-order valence-electron chi connectivity index (χ1n) is 7.76. The summed E-state index contributed by atoms with van der Waals surface area (Å²) in [5, 5.41) is 5.40. The van der Waals surface area contributed by atoms with E-state index in [2.05, 4.69) is 10.6 Å². The molecule has 0 unspecified atom stereocenters. The molecule has 23 heavy (non-hydrogen) atoms. The predicted molar refractivity (Wildman–Crippen MR) is 92.1 cm³/mol. The topological polar surface area (TPSA) is 58.2 Å². The number of carbonyl (C=O) groups excluding carboxylic acids is 2. The van der Waals surface area contributed by atoms with Crippen LogP contribution in [0.2, 0.25) is 0 Å². The van der Waals surface area contributed by atoms with Gasteiger partial charge in [-0.05, 0) is 29.2 Å². The molecule has 2 aromatic rings. The molecular formula is C19H22N2O2. The zero-order chi connectivity index (χ0) is 16.7. The van der Waals surface area contributed by atoms with Gasteiger partial charge < -0.3 is 10.6 Å². The Morgan fingerprint density at radius 1 is 0.870 bits per heavy atom. The minimum atomic E-state index is -0.246. The van der Waals surface area contributed by atoms with Gasteiger partial charge in [0.05, 0.1) is 6.54 Å². The van der Waals surface area contributed by atoms with E-state index in [1.54, 1.807) is 12.1 Å². The highest BCUT2D eigenvalue weighted by atomic mass is 16.2. The van der Waals surface area contributed by atoms with Crippen LogP contribution in [0.4, 0.5) is 0 Å². The summed E-state index contributed by atoms with van der Waals surface area (Å²) in [7, 11) is 0. The average molecular weight is 310 g/mol. The predicted octanol–water partition coefficient (Wildman–Crippen LogP) is 2.86. The van der Waals surface area contributed by atoms with Gasteiger partial charge in [0.15, 0.2) is 0 Å². The van der Waals surface area contributed by atoms with Gasteiger partial charge in [-0.25, -0.2) is 0 Å². The minimum absolute atomic E-state index is 0.00795. The Morgan fingerprint density at radius 2 is 1.48 bits per heavy atom. The fourth-order valence-corrected chi connectivity index (χ4v) is 2.09. The first-order chi connectivity index (χ1) is 11.1. The summed E-state index contributed by atoms with van der Waals surface area (Å²) in [6.45, 7) is 4.65. The van der Waals surface area contributed by atoms with Crippen LogP contribution in [0.5, 0.6) is 0 Å². The monoisotopic (exact) mass is 310 g/mol. The van der Waals surface area contributed by atoms with Crippen molar-refractivity contribution in [1.82, 2.24) is 10.6 Å². The van der Waals surface area contributed by atoms with Crippen LogP contribution in [0.3, 0.4) is 0 Å². The molecule has 0 fully saturated rings. The van der Waals surface area contributed by atoms with Gasteiger partial charge in [-0.1, -0.05) is 56.3 Å². The second-order valence-electron chi connectivity index (χ2n) is 5.82. The Kier molecular flexibility index (Phi) is 5.92. The summed E-state index contributed by atoms with van der Waals surface area (Å²) in [4.78, 5) is 23.6. The van der Waals surface area contributed by atoms with Crippen LogP contribution in [0.1, 0.15) is 24.2 Å². The average Bonchev–Trinajstić information content (AvgIpc) is 2.58. The molecule has 0 heterocycles. The standard InChI is InChI=1S/C19H22N2O2/c1-14(2)12-20-18(22)13-21-19(23)17-10-8-16(9-11-17)15-6-4-3-5-7-15/h3-11,14H,12-13H2,1-2H3,(H,20,22)(H,21,23).